The van der Waals surface area contributed by atoms with Gasteiger partial charge in [0.05, 0.1) is 25.0 Å². The van der Waals surface area contributed by atoms with E-state index in [9.17, 15) is 14.4 Å². The summed E-state index contributed by atoms with van der Waals surface area (Å²) in [6.45, 7) is -0.395. The molecule has 1 aromatic rings. The minimum atomic E-state index is -0.951. The first-order valence-corrected chi connectivity index (χ1v) is 7.01. The largest absolute Gasteiger partial charge is 0.468 e. The molecular weight excluding hydrogens is 302 g/mol. The summed E-state index contributed by atoms with van der Waals surface area (Å²) in [5.41, 5.74) is 6.84. The molecular formula is C15H19N3O5. The number of hydrogen-bond donors (Lipinski definition) is 1. The quantitative estimate of drug-likeness (QED) is 0.751. The number of para-hydroxylation sites is 2. The Balaban J connectivity index is 2.48. The summed E-state index contributed by atoms with van der Waals surface area (Å²) in [5.74, 6) is -1.34. The van der Waals surface area contributed by atoms with Crippen LogP contribution in [0.15, 0.2) is 24.3 Å². The average Bonchev–Trinajstić information content (AvgIpc) is 2.65. The second-order valence-corrected chi connectivity index (χ2v) is 5.03. The number of ether oxygens (including phenoxy) is 2. The van der Waals surface area contributed by atoms with Gasteiger partial charge in [0.25, 0.3) is 5.91 Å². The fourth-order valence-electron chi connectivity index (χ4n) is 2.41. The van der Waals surface area contributed by atoms with Crippen LogP contribution < -0.4 is 15.5 Å². The van der Waals surface area contributed by atoms with Crippen molar-refractivity contribution < 1.29 is 23.9 Å². The van der Waals surface area contributed by atoms with E-state index in [0.717, 1.165) is 0 Å². The number of carbonyl (C=O) groups excluding carboxylic acids is 3. The van der Waals surface area contributed by atoms with E-state index >= 15 is 0 Å². The number of amides is 2. The van der Waals surface area contributed by atoms with Gasteiger partial charge in [-0.2, -0.15) is 0 Å². The minimum absolute atomic E-state index is 0.00964. The van der Waals surface area contributed by atoms with E-state index in [2.05, 4.69) is 4.74 Å². The van der Waals surface area contributed by atoms with Crippen molar-refractivity contribution in [2.45, 2.75) is 6.04 Å². The number of carbonyl (C=O) groups is 3. The normalized spacial score (nSPS) is 17.5. The molecule has 0 aliphatic carbocycles. The second kappa shape index (κ2) is 7.21. The van der Waals surface area contributed by atoms with Crippen molar-refractivity contribution in [3.8, 4) is 0 Å². The lowest BCUT2D eigenvalue weighted by Crippen LogP contribution is -2.50. The number of methoxy groups -OCH3 is 2. The van der Waals surface area contributed by atoms with Gasteiger partial charge in [-0.05, 0) is 12.1 Å². The molecule has 1 aliphatic rings. The lowest BCUT2D eigenvalue weighted by atomic mass is 10.2. The zero-order chi connectivity index (χ0) is 17.0. The standard InChI is InChI=1S/C15H19N3O5/c1-22-9-13(19)17-7-10(16)15(21)18(8-14(20)23-2)12-6-4-3-5-11(12)17/h3-6,10H,7-9,16H2,1-2H3/t10-/m0/s1. The third-order valence-electron chi connectivity index (χ3n) is 3.51. The van der Waals surface area contributed by atoms with Gasteiger partial charge in [0.15, 0.2) is 0 Å². The van der Waals surface area contributed by atoms with Crippen LogP contribution in [0.4, 0.5) is 11.4 Å². The monoisotopic (exact) mass is 321 g/mol. The van der Waals surface area contributed by atoms with Gasteiger partial charge in [0.1, 0.15) is 19.2 Å². The zero-order valence-electron chi connectivity index (χ0n) is 13.0. The van der Waals surface area contributed by atoms with Crippen LogP contribution in [-0.4, -0.2) is 57.7 Å². The van der Waals surface area contributed by atoms with Gasteiger partial charge in [0.2, 0.25) is 5.91 Å². The molecule has 0 spiro atoms. The molecule has 1 aromatic carbocycles. The highest BCUT2D eigenvalue weighted by Gasteiger charge is 2.34. The Morgan fingerprint density at radius 1 is 1.26 bits per heavy atom. The van der Waals surface area contributed by atoms with Crippen molar-refractivity contribution >= 4 is 29.2 Å². The highest BCUT2D eigenvalue weighted by Crippen LogP contribution is 2.32. The third kappa shape index (κ3) is 3.49. The smallest absolute Gasteiger partial charge is 0.325 e. The Bertz CT molecular complexity index is 619. The van der Waals surface area contributed by atoms with Crippen molar-refractivity contribution in [1.82, 2.24) is 0 Å². The van der Waals surface area contributed by atoms with Gasteiger partial charge in [-0.25, -0.2) is 0 Å². The molecule has 8 nitrogen and oxygen atoms in total. The first-order valence-electron chi connectivity index (χ1n) is 7.01. The van der Waals surface area contributed by atoms with Crippen molar-refractivity contribution in [2.24, 2.45) is 5.73 Å². The Labute approximate surface area is 133 Å². The topological polar surface area (TPSA) is 102 Å². The lowest BCUT2D eigenvalue weighted by molar-refractivity contribution is -0.140. The molecule has 0 saturated heterocycles. The van der Waals surface area contributed by atoms with Crippen LogP contribution in [0, 0.1) is 0 Å². The molecule has 1 heterocycles. The third-order valence-corrected chi connectivity index (χ3v) is 3.51. The molecule has 23 heavy (non-hydrogen) atoms. The summed E-state index contributed by atoms with van der Waals surface area (Å²) in [6.07, 6.45) is 0. The number of nitrogens with two attached hydrogens (primary N) is 1. The second-order valence-electron chi connectivity index (χ2n) is 5.03. The Kier molecular flexibility index (Phi) is 5.30. The van der Waals surface area contributed by atoms with Crippen LogP contribution >= 0.6 is 0 Å². The van der Waals surface area contributed by atoms with Crippen LogP contribution in [0.25, 0.3) is 0 Å². The van der Waals surface area contributed by atoms with Crippen LogP contribution in [0.5, 0.6) is 0 Å². The summed E-state index contributed by atoms with van der Waals surface area (Å²) < 4.78 is 9.51. The van der Waals surface area contributed by atoms with E-state index in [-0.39, 0.29) is 25.6 Å². The molecule has 0 saturated carbocycles. The molecule has 2 N–H and O–H groups in total. The van der Waals surface area contributed by atoms with Gasteiger partial charge >= 0.3 is 5.97 Å². The summed E-state index contributed by atoms with van der Waals surface area (Å²) in [7, 11) is 2.65. The summed E-state index contributed by atoms with van der Waals surface area (Å²) in [5, 5.41) is 0. The zero-order valence-corrected chi connectivity index (χ0v) is 13.0. The maximum atomic E-state index is 12.5. The molecule has 0 fully saturated rings. The Morgan fingerprint density at radius 3 is 2.52 bits per heavy atom. The molecule has 1 aliphatic heterocycles. The fourth-order valence-corrected chi connectivity index (χ4v) is 2.41. The summed E-state index contributed by atoms with van der Waals surface area (Å²) in [4.78, 5) is 39.0. The molecule has 2 amide bonds. The van der Waals surface area contributed by atoms with Gasteiger partial charge in [0, 0.05) is 7.11 Å². The molecule has 124 valence electrons. The molecule has 0 bridgehead atoms. The highest BCUT2D eigenvalue weighted by molar-refractivity contribution is 6.09. The van der Waals surface area contributed by atoms with Crippen molar-refractivity contribution in [2.75, 3.05) is 43.7 Å². The Morgan fingerprint density at radius 2 is 1.91 bits per heavy atom. The molecule has 1 atom stereocenters. The number of anilines is 2. The van der Waals surface area contributed by atoms with E-state index in [0.29, 0.717) is 11.4 Å². The molecule has 2 rings (SSSR count). The predicted molar refractivity (Wildman–Crippen MR) is 83.0 cm³/mol. The van der Waals surface area contributed by atoms with Crippen molar-refractivity contribution in [3.63, 3.8) is 0 Å². The number of esters is 1. The van der Waals surface area contributed by atoms with Crippen LogP contribution in [-0.2, 0) is 23.9 Å². The van der Waals surface area contributed by atoms with E-state index in [4.69, 9.17) is 10.5 Å². The summed E-state index contributed by atoms with van der Waals surface area (Å²) in [6, 6.07) is 5.85. The average molecular weight is 321 g/mol. The maximum Gasteiger partial charge on any atom is 0.325 e. The summed E-state index contributed by atoms with van der Waals surface area (Å²) >= 11 is 0. The number of hydrogen-bond acceptors (Lipinski definition) is 6. The van der Waals surface area contributed by atoms with E-state index in [1.54, 1.807) is 24.3 Å². The van der Waals surface area contributed by atoms with Crippen molar-refractivity contribution in [1.29, 1.82) is 0 Å². The van der Waals surface area contributed by atoms with E-state index in [1.165, 1.54) is 24.0 Å². The van der Waals surface area contributed by atoms with Crippen LogP contribution in [0.3, 0.4) is 0 Å². The molecule has 8 heteroatoms. The van der Waals surface area contributed by atoms with Crippen LogP contribution in [0.1, 0.15) is 0 Å². The van der Waals surface area contributed by atoms with Gasteiger partial charge in [-0.1, -0.05) is 12.1 Å². The maximum absolute atomic E-state index is 12.5. The van der Waals surface area contributed by atoms with Gasteiger partial charge in [-0.3, -0.25) is 19.3 Å². The number of benzene rings is 1. The lowest BCUT2D eigenvalue weighted by Gasteiger charge is -2.24. The first kappa shape index (κ1) is 16.9. The van der Waals surface area contributed by atoms with Gasteiger partial charge < -0.3 is 20.1 Å². The van der Waals surface area contributed by atoms with Crippen molar-refractivity contribution in [3.05, 3.63) is 24.3 Å². The number of nitrogens with zero attached hydrogens (tertiary/aromatic N) is 2. The molecule has 0 aromatic heterocycles. The Hall–Kier alpha value is -2.45. The molecule has 0 radical (unpaired) electrons. The molecule has 0 unspecified atom stereocenters. The van der Waals surface area contributed by atoms with Crippen LogP contribution in [0.2, 0.25) is 0 Å². The van der Waals surface area contributed by atoms with E-state index < -0.39 is 17.9 Å². The minimum Gasteiger partial charge on any atom is -0.468 e. The number of rotatable bonds is 4. The first-order chi connectivity index (χ1) is 11.0. The highest BCUT2D eigenvalue weighted by atomic mass is 16.5. The van der Waals surface area contributed by atoms with Gasteiger partial charge in [-0.15, -0.1) is 0 Å². The predicted octanol–water partition coefficient (Wildman–Crippen LogP) is -0.487. The SMILES string of the molecule is COCC(=O)N1C[C@H](N)C(=O)N(CC(=O)OC)c2ccccc21. The fraction of sp³-hybridized carbons (Fsp3) is 0.400. The number of fused-ring (bicyclic) bond motifs is 1. The van der Waals surface area contributed by atoms with E-state index in [1.807, 2.05) is 0 Å².